The number of hydrogen-bond acceptors (Lipinski definition) is 5. The molecule has 0 radical (unpaired) electrons. The molecule has 6 nitrogen and oxygen atoms in total. The lowest BCUT2D eigenvalue weighted by Crippen LogP contribution is -2.28. The molecule has 0 aliphatic carbocycles. The summed E-state index contributed by atoms with van der Waals surface area (Å²) in [5, 5.41) is 6.81. The Kier molecular flexibility index (Phi) is 7.35. The summed E-state index contributed by atoms with van der Waals surface area (Å²) in [7, 11) is 4.75. The van der Waals surface area contributed by atoms with Gasteiger partial charge in [-0.3, -0.25) is 0 Å². The molecule has 26 heavy (non-hydrogen) atoms. The number of ether oxygens (including phenoxy) is 4. The maximum Gasteiger partial charge on any atom is 0.203 e. The molecule has 0 heterocycles. The number of hydrogen-bond donors (Lipinski definition) is 2. The van der Waals surface area contributed by atoms with Crippen LogP contribution in [0.2, 0.25) is 0 Å². The molecule has 2 rings (SSSR count). The fourth-order valence-electron chi connectivity index (χ4n) is 2.44. The largest absolute Gasteiger partial charge is 0.493 e. The van der Waals surface area contributed by atoms with Crippen LogP contribution >= 0.6 is 12.2 Å². The molecule has 140 valence electrons. The number of anilines is 1. The molecule has 0 unspecified atom stereocenters. The zero-order chi connectivity index (χ0) is 18.9. The Hall–Kier alpha value is -2.67. The first kappa shape index (κ1) is 19.7. The van der Waals surface area contributed by atoms with Crippen molar-refractivity contribution in [1.29, 1.82) is 0 Å². The molecule has 0 atom stereocenters. The van der Waals surface area contributed by atoms with E-state index in [2.05, 4.69) is 10.6 Å². The minimum atomic E-state index is 0.492. The fourth-order valence-corrected chi connectivity index (χ4v) is 2.62. The summed E-state index contributed by atoms with van der Waals surface area (Å²) < 4.78 is 21.7. The van der Waals surface area contributed by atoms with Crippen molar-refractivity contribution in [2.24, 2.45) is 0 Å². The Morgan fingerprint density at radius 2 is 1.62 bits per heavy atom. The van der Waals surface area contributed by atoms with Gasteiger partial charge in [0.15, 0.2) is 16.6 Å². The minimum Gasteiger partial charge on any atom is -0.493 e. The summed E-state index contributed by atoms with van der Waals surface area (Å²) in [6.07, 6.45) is 0. The van der Waals surface area contributed by atoms with E-state index in [0.29, 0.717) is 35.5 Å². The molecular weight excluding hydrogens is 352 g/mol. The average Bonchev–Trinajstić information content (AvgIpc) is 2.67. The van der Waals surface area contributed by atoms with Gasteiger partial charge in [-0.1, -0.05) is 12.1 Å². The van der Waals surface area contributed by atoms with Crippen molar-refractivity contribution in [2.45, 2.75) is 13.5 Å². The third-order valence-corrected chi connectivity index (χ3v) is 3.86. The van der Waals surface area contributed by atoms with Crippen molar-refractivity contribution < 1.29 is 18.9 Å². The van der Waals surface area contributed by atoms with E-state index in [-0.39, 0.29) is 0 Å². The summed E-state index contributed by atoms with van der Waals surface area (Å²) >= 11 is 5.39. The van der Waals surface area contributed by atoms with Gasteiger partial charge in [-0.15, -0.1) is 0 Å². The molecule has 0 fully saturated rings. The van der Waals surface area contributed by atoms with Crippen LogP contribution in [0.5, 0.6) is 23.0 Å². The molecule has 0 aliphatic heterocycles. The Morgan fingerprint density at radius 1 is 0.962 bits per heavy atom. The lowest BCUT2D eigenvalue weighted by atomic mass is 10.2. The Balaban J connectivity index is 2.06. The van der Waals surface area contributed by atoms with E-state index in [4.69, 9.17) is 31.2 Å². The van der Waals surface area contributed by atoms with Gasteiger partial charge < -0.3 is 29.6 Å². The van der Waals surface area contributed by atoms with Crippen molar-refractivity contribution in [2.75, 3.05) is 33.3 Å². The van der Waals surface area contributed by atoms with Crippen molar-refractivity contribution in [3.8, 4) is 23.0 Å². The molecule has 7 heteroatoms. The molecule has 2 aromatic carbocycles. The van der Waals surface area contributed by atoms with Crippen LogP contribution in [0, 0.1) is 0 Å². The van der Waals surface area contributed by atoms with Crippen LogP contribution in [0.1, 0.15) is 12.5 Å². The van der Waals surface area contributed by atoms with E-state index in [1.165, 1.54) is 0 Å². The van der Waals surface area contributed by atoms with Crippen molar-refractivity contribution in [3.63, 3.8) is 0 Å². The predicted molar refractivity (Wildman–Crippen MR) is 107 cm³/mol. The van der Waals surface area contributed by atoms with Crippen molar-refractivity contribution in [1.82, 2.24) is 5.32 Å². The number of benzene rings is 2. The summed E-state index contributed by atoms with van der Waals surface area (Å²) in [6, 6.07) is 11.4. The first-order valence-corrected chi connectivity index (χ1v) is 8.59. The first-order chi connectivity index (χ1) is 12.6. The Labute approximate surface area is 159 Å². The minimum absolute atomic E-state index is 0.492. The fraction of sp³-hybridized carbons (Fsp3) is 0.316. The highest BCUT2D eigenvalue weighted by molar-refractivity contribution is 7.80. The highest BCUT2D eigenvalue weighted by Gasteiger charge is 2.13. The Morgan fingerprint density at radius 3 is 2.19 bits per heavy atom. The van der Waals surface area contributed by atoms with E-state index >= 15 is 0 Å². The third kappa shape index (κ3) is 4.92. The maximum absolute atomic E-state index is 5.59. The van der Waals surface area contributed by atoms with E-state index in [1.807, 2.05) is 43.3 Å². The quantitative estimate of drug-likeness (QED) is 0.683. The van der Waals surface area contributed by atoms with E-state index in [9.17, 15) is 0 Å². The topological polar surface area (TPSA) is 61.0 Å². The highest BCUT2D eigenvalue weighted by Crippen LogP contribution is 2.38. The van der Waals surface area contributed by atoms with Crippen LogP contribution in [0.15, 0.2) is 36.4 Å². The summed E-state index contributed by atoms with van der Waals surface area (Å²) in [6.45, 7) is 3.03. The van der Waals surface area contributed by atoms with Crippen LogP contribution in [0.25, 0.3) is 0 Å². The number of nitrogens with one attached hydrogen (secondary N) is 2. The predicted octanol–water partition coefficient (Wildman–Crippen LogP) is 3.60. The van der Waals surface area contributed by atoms with Gasteiger partial charge in [0.05, 0.1) is 33.6 Å². The number of thiocarbonyl (C=S) groups is 1. The Bertz CT molecular complexity index is 727. The first-order valence-electron chi connectivity index (χ1n) is 8.18. The molecule has 0 spiro atoms. The molecule has 0 saturated carbocycles. The molecule has 2 aromatic rings. The van der Waals surface area contributed by atoms with E-state index in [1.54, 1.807) is 21.3 Å². The molecule has 2 N–H and O–H groups in total. The van der Waals surface area contributed by atoms with Crippen LogP contribution < -0.4 is 29.6 Å². The molecule has 0 aromatic heterocycles. The highest BCUT2D eigenvalue weighted by atomic mass is 32.1. The van der Waals surface area contributed by atoms with Crippen LogP contribution in [-0.2, 0) is 6.54 Å². The lowest BCUT2D eigenvalue weighted by Gasteiger charge is -2.16. The maximum atomic E-state index is 5.59. The molecule has 0 amide bonds. The van der Waals surface area contributed by atoms with Crippen molar-refractivity contribution >= 4 is 23.0 Å². The number of para-hydroxylation sites is 2. The third-order valence-electron chi connectivity index (χ3n) is 3.61. The molecule has 0 saturated heterocycles. The van der Waals surface area contributed by atoms with Crippen LogP contribution in [0.4, 0.5) is 5.69 Å². The van der Waals surface area contributed by atoms with Gasteiger partial charge in [0, 0.05) is 6.54 Å². The number of rotatable bonds is 8. The molecular formula is C19H24N2O4S. The van der Waals surface area contributed by atoms with Gasteiger partial charge in [-0.05, 0) is 49.0 Å². The van der Waals surface area contributed by atoms with E-state index in [0.717, 1.165) is 17.0 Å². The van der Waals surface area contributed by atoms with Gasteiger partial charge in [0.25, 0.3) is 0 Å². The van der Waals surface area contributed by atoms with Crippen LogP contribution in [-0.4, -0.2) is 33.0 Å². The zero-order valence-electron chi connectivity index (χ0n) is 15.4. The summed E-state index contributed by atoms with van der Waals surface area (Å²) in [5.41, 5.74) is 1.76. The van der Waals surface area contributed by atoms with E-state index < -0.39 is 0 Å². The van der Waals surface area contributed by atoms with Gasteiger partial charge in [-0.25, -0.2) is 0 Å². The standard InChI is InChI=1S/C19H24N2O4S/c1-5-25-15-9-7-6-8-14(15)21-19(26)20-12-13-10-16(22-2)18(24-4)17(11-13)23-3/h6-11H,5,12H2,1-4H3,(H2,20,21,26). The van der Waals surface area contributed by atoms with Gasteiger partial charge in [-0.2, -0.15) is 0 Å². The molecule has 0 bridgehead atoms. The normalized spacial score (nSPS) is 10.0. The van der Waals surface area contributed by atoms with Gasteiger partial charge in [0.2, 0.25) is 5.75 Å². The summed E-state index contributed by atoms with van der Waals surface area (Å²) in [4.78, 5) is 0. The average molecular weight is 376 g/mol. The number of methoxy groups -OCH3 is 3. The zero-order valence-corrected chi connectivity index (χ0v) is 16.2. The second kappa shape index (κ2) is 9.72. The monoisotopic (exact) mass is 376 g/mol. The second-order valence-electron chi connectivity index (χ2n) is 5.27. The lowest BCUT2D eigenvalue weighted by molar-refractivity contribution is 0.323. The van der Waals surface area contributed by atoms with Crippen molar-refractivity contribution in [3.05, 3.63) is 42.0 Å². The second-order valence-corrected chi connectivity index (χ2v) is 5.68. The molecule has 0 aliphatic rings. The van der Waals surface area contributed by atoms with Crippen LogP contribution in [0.3, 0.4) is 0 Å². The van der Waals surface area contributed by atoms with Gasteiger partial charge >= 0.3 is 0 Å². The smallest absolute Gasteiger partial charge is 0.203 e. The van der Waals surface area contributed by atoms with Gasteiger partial charge in [0.1, 0.15) is 5.75 Å². The summed E-state index contributed by atoms with van der Waals surface area (Å²) in [5.74, 6) is 2.52. The SMILES string of the molecule is CCOc1ccccc1NC(=S)NCc1cc(OC)c(OC)c(OC)c1.